The quantitative estimate of drug-likeness (QED) is 0.489. The van der Waals surface area contributed by atoms with E-state index in [2.05, 4.69) is 0 Å². The van der Waals surface area contributed by atoms with E-state index in [1.807, 2.05) is 6.92 Å². The number of nitrogens with zero attached hydrogens (tertiary/aromatic N) is 2. The largest absolute Gasteiger partial charge is 0.397 e. The van der Waals surface area contributed by atoms with Crippen LogP contribution in [0, 0.1) is 10.1 Å². The van der Waals surface area contributed by atoms with E-state index in [-0.39, 0.29) is 22.3 Å². The Balaban J connectivity index is 2.40. The van der Waals surface area contributed by atoms with Gasteiger partial charge in [0, 0.05) is 24.7 Å². The van der Waals surface area contributed by atoms with Gasteiger partial charge < -0.3 is 5.73 Å². The number of hydrogen-bond acceptors (Lipinski definition) is 5. The second-order valence-corrected chi connectivity index (χ2v) is 6.69. The molecule has 1 saturated carbocycles. The summed E-state index contributed by atoms with van der Waals surface area (Å²) in [7, 11) is -3.69. The first kappa shape index (κ1) is 14.7. The third-order valence-corrected chi connectivity index (χ3v) is 5.21. The van der Waals surface area contributed by atoms with Crippen LogP contribution < -0.4 is 5.73 Å². The molecule has 0 aliphatic heterocycles. The molecular weight excluding hydrogens is 282 g/mol. The third-order valence-electron chi connectivity index (χ3n) is 3.19. The van der Waals surface area contributed by atoms with Gasteiger partial charge in [-0.15, -0.1) is 0 Å². The molecule has 20 heavy (non-hydrogen) atoms. The van der Waals surface area contributed by atoms with Crippen molar-refractivity contribution in [3.63, 3.8) is 0 Å². The number of nitrogens with two attached hydrogens (primary N) is 1. The van der Waals surface area contributed by atoms with Crippen LogP contribution in [0.3, 0.4) is 0 Å². The molecule has 1 fully saturated rings. The van der Waals surface area contributed by atoms with Crippen molar-refractivity contribution in [2.45, 2.75) is 37.1 Å². The van der Waals surface area contributed by atoms with Crippen LogP contribution in [-0.4, -0.2) is 30.2 Å². The fourth-order valence-electron chi connectivity index (χ4n) is 2.09. The molecule has 1 aromatic carbocycles. The van der Waals surface area contributed by atoms with Crippen molar-refractivity contribution >= 4 is 21.4 Å². The van der Waals surface area contributed by atoms with Gasteiger partial charge in [0.05, 0.1) is 10.6 Å². The van der Waals surface area contributed by atoms with Crippen molar-refractivity contribution < 1.29 is 13.3 Å². The highest BCUT2D eigenvalue weighted by molar-refractivity contribution is 7.89. The van der Waals surface area contributed by atoms with Crippen molar-refractivity contribution in [2.75, 3.05) is 12.3 Å². The van der Waals surface area contributed by atoms with Gasteiger partial charge in [0.2, 0.25) is 10.0 Å². The maximum absolute atomic E-state index is 12.6. The number of nitro benzene ring substituents is 1. The van der Waals surface area contributed by atoms with Crippen molar-refractivity contribution in [1.29, 1.82) is 0 Å². The van der Waals surface area contributed by atoms with Gasteiger partial charge in [-0.05, 0) is 25.3 Å². The molecule has 110 valence electrons. The Kier molecular flexibility index (Phi) is 3.96. The molecule has 0 amide bonds. The van der Waals surface area contributed by atoms with Gasteiger partial charge in [0.15, 0.2) is 0 Å². The van der Waals surface area contributed by atoms with Crippen molar-refractivity contribution in [1.82, 2.24) is 4.31 Å². The van der Waals surface area contributed by atoms with E-state index in [9.17, 15) is 18.5 Å². The van der Waals surface area contributed by atoms with E-state index in [4.69, 9.17) is 5.73 Å². The number of anilines is 1. The summed E-state index contributed by atoms with van der Waals surface area (Å²) in [5.41, 5.74) is 5.39. The van der Waals surface area contributed by atoms with Gasteiger partial charge in [0.1, 0.15) is 4.90 Å². The summed E-state index contributed by atoms with van der Waals surface area (Å²) >= 11 is 0. The minimum atomic E-state index is -3.69. The van der Waals surface area contributed by atoms with E-state index >= 15 is 0 Å². The lowest BCUT2D eigenvalue weighted by molar-refractivity contribution is -0.384. The monoisotopic (exact) mass is 299 g/mol. The number of sulfonamides is 1. The average Bonchev–Trinajstić information content (AvgIpc) is 3.19. The number of rotatable bonds is 6. The smallest absolute Gasteiger partial charge is 0.271 e. The second-order valence-electron chi connectivity index (χ2n) is 4.83. The van der Waals surface area contributed by atoms with E-state index in [0.29, 0.717) is 13.0 Å². The van der Waals surface area contributed by atoms with Crippen molar-refractivity contribution in [2.24, 2.45) is 0 Å². The maximum Gasteiger partial charge on any atom is 0.271 e. The highest BCUT2D eigenvalue weighted by Crippen LogP contribution is 2.34. The normalized spacial score (nSPS) is 15.5. The summed E-state index contributed by atoms with van der Waals surface area (Å²) in [5, 5.41) is 10.7. The molecular formula is C12H17N3O4S. The van der Waals surface area contributed by atoms with E-state index < -0.39 is 14.9 Å². The minimum absolute atomic E-state index is 0.0366. The zero-order chi connectivity index (χ0) is 14.9. The topological polar surface area (TPSA) is 107 Å². The predicted octanol–water partition coefficient (Wildman–Crippen LogP) is 1.74. The molecule has 0 heterocycles. The molecule has 1 aliphatic carbocycles. The van der Waals surface area contributed by atoms with Crippen LogP contribution >= 0.6 is 0 Å². The fourth-order valence-corrected chi connectivity index (χ4v) is 3.97. The van der Waals surface area contributed by atoms with Crippen molar-refractivity contribution in [3.8, 4) is 0 Å². The molecule has 1 aromatic rings. The Morgan fingerprint density at radius 3 is 2.55 bits per heavy atom. The van der Waals surface area contributed by atoms with E-state index in [1.54, 1.807) is 0 Å². The van der Waals surface area contributed by atoms with Crippen LogP contribution in [-0.2, 0) is 10.0 Å². The summed E-state index contributed by atoms with van der Waals surface area (Å²) in [6, 6.07) is 3.51. The fraction of sp³-hybridized carbons (Fsp3) is 0.500. The third kappa shape index (κ3) is 2.75. The molecule has 2 N–H and O–H groups in total. The maximum atomic E-state index is 12.6. The Hall–Kier alpha value is -1.67. The summed E-state index contributed by atoms with van der Waals surface area (Å²) < 4.78 is 26.6. The van der Waals surface area contributed by atoms with Crippen LogP contribution in [0.2, 0.25) is 0 Å². The summed E-state index contributed by atoms with van der Waals surface area (Å²) in [4.78, 5) is 10.0. The number of non-ortho nitro benzene ring substituents is 1. The molecule has 0 unspecified atom stereocenters. The molecule has 0 atom stereocenters. The summed E-state index contributed by atoms with van der Waals surface area (Å²) in [6.07, 6.45) is 2.42. The van der Waals surface area contributed by atoms with Gasteiger partial charge in [0.25, 0.3) is 5.69 Å². The lowest BCUT2D eigenvalue weighted by atomic mass is 10.3. The minimum Gasteiger partial charge on any atom is -0.397 e. The molecule has 0 saturated heterocycles. The van der Waals surface area contributed by atoms with Gasteiger partial charge in [-0.2, -0.15) is 4.31 Å². The van der Waals surface area contributed by atoms with E-state index in [1.165, 1.54) is 16.4 Å². The number of hydrogen-bond donors (Lipinski definition) is 1. The number of nitro groups is 1. The molecule has 0 radical (unpaired) electrons. The zero-order valence-corrected chi connectivity index (χ0v) is 12.0. The second kappa shape index (κ2) is 5.37. The lowest BCUT2D eigenvalue weighted by Crippen LogP contribution is -2.34. The van der Waals surface area contributed by atoms with Crippen LogP contribution in [0.4, 0.5) is 11.4 Å². The average molecular weight is 299 g/mol. The zero-order valence-electron chi connectivity index (χ0n) is 11.2. The predicted molar refractivity (Wildman–Crippen MR) is 74.7 cm³/mol. The molecule has 8 heteroatoms. The Labute approximate surface area is 117 Å². The molecule has 0 spiro atoms. The molecule has 2 rings (SSSR count). The first-order chi connectivity index (χ1) is 9.37. The van der Waals surface area contributed by atoms with Crippen LogP contribution in [0.1, 0.15) is 26.2 Å². The Morgan fingerprint density at radius 1 is 1.45 bits per heavy atom. The van der Waals surface area contributed by atoms with E-state index in [0.717, 1.165) is 18.9 Å². The van der Waals surface area contributed by atoms with Gasteiger partial charge in [-0.25, -0.2) is 8.42 Å². The first-order valence-corrected chi connectivity index (χ1v) is 7.87. The Bertz CT molecular complexity index is 626. The SMILES string of the molecule is CCCN(C1CC1)S(=O)(=O)c1ccc([N+](=O)[O-])cc1N. The number of nitrogen functional groups attached to an aromatic ring is 1. The lowest BCUT2D eigenvalue weighted by Gasteiger charge is -2.21. The molecule has 0 aromatic heterocycles. The van der Waals surface area contributed by atoms with Gasteiger partial charge >= 0.3 is 0 Å². The van der Waals surface area contributed by atoms with Crippen LogP contribution in [0.5, 0.6) is 0 Å². The highest BCUT2D eigenvalue weighted by Gasteiger charge is 2.38. The first-order valence-electron chi connectivity index (χ1n) is 6.43. The standard InChI is InChI=1S/C12H17N3O4S/c1-2-7-14(9-3-4-9)20(18,19)12-6-5-10(15(16)17)8-11(12)13/h5-6,8-9H,2-4,7,13H2,1H3. The molecule has 7 nitrogen and oxygen atoms in total. The molecule has 1 aliphatic rings. The van der Waals surface area contributed by atoms with Gasteiger partial charge in [-0.1, -0.05) is 6.92 Å². The summed E-state index contributed by atoms with van der Waals surface area (Å²) in [6.45, 7) is 2.34. The molecule has 0 bridgehead atoms. The van der Waals surface area contributed by atoms with Crippen LogP contribution in [0.15, 0.2) is 23.1 Å². The van der Waals surface area contributed by atoms with Crippen molar-refractivity contribution in [3.05, 3.63) is 28.3 Å². The highest BCUT2D eigenvalue weighted by atomic mass is 32.2. The van der Waals surface area contributed by atoms with Crippen LogP contribution in [0.25, 0.3) is 0 Å². The number of benzene rings is 1. The Morgan fingerprint density at radius 2 is 2.10 bits per heavy atom. The summed E-state index contributed by atoms with van der Waals surface area (Å²) in [5.74, 6) is 0. The van der Waals surface area contributed by atoms with Gasteiger partial charge in [-0.3, -0.25) is 10.1 Å².